The molecule has 5 nitrogen and oxygen atoms in total. The van der Waals surface area contributed by atoms with Gasteiger partial charge in [-0.2, -0.15) is 0 Å². The summed E-state index contributed by atoms with van der Waals surface area (Å²) in [4.78, 5) is 27.0. The number of rotatable bonds is 5. The maximum Gasteiger partial charge on any atom is 0.410 e. The van der Waals surface area contributed by atoms with Gasteiger partial charge >= 0.3 is 6.09 Å². The summed E-state index contributed by atoms with van der Waals surface area (Å²) in [5, 5.41) is 3.26. The monoisotopic (exact) mass is 408 g/mol. The number of likely N-dealkylation sites (tertiary alicyclic amines) is 1. The molecule has 2 amide bonds. The number of amides is 2. The molecule has 1 aliphatic heterocycles. The van der Waals surface area contributed by atoms with Gasteiger partial charge in [-0.1, -0.05) is 60.7 Å². The molecule has 0 aliphatic carbocycles. The second-order valence-corrected chi connectivity index (χ2v) is 8.90. The van der Waals surface area contributed by atoms with Gasteiger partial charge < -0.3 is 15.0 Å². The predicted octanol–water partition coefficient (Wildman–Crippen LogP) is 4.73. The van der Waals surface area contributed by atoms with Crippen LogP contribution >= 0.6 is 0 Å². The lowest BCUT2D eigenvalue weighted by molar-refractivity contribution is -0.127. The number of piperidine rings is 1. The maximum absolute atomic E-state index is 13.0. The standard InChI is InChI=1S/C25H32N2O3/c1-25(2,3)30-24(29)27-16-14-21(15-17-27)23(28)26-22(20-12-8-5-9-13-20)18-19-10-6-4-7-11-19/h4-13,21-22H,14-18H2,1-3H3,(H,26,28). The van der Waals surface area contributed by atoms with Crippen LogP contribution in [0.5, 0.6) is 0 Å². The molecule has 2 aromatic carbocycles. The molecule has 1 atom stereocenters. The summed E-state index contributed by atoms with van der Waals surface area (Å²) in [7, 11) is 0. The van der Waals surface area contributed by atoms with E-state index in [4.69, 9.17) is 4.74 Å². The van der Waals surface area contributed by atoms with Gasteiger partial charge in [0, 0.05) is 19.0 Å². The molecule has 0 spiro atoms. The van der Waals surface area contributed by atoms with Gasteiger partial charge in [0.1, 0.15) is 5.60 Å². The van der Waals surface area contributed by atoms with Crippen LogP contribution in [0.4, 0.5) is 4.79 Å². The van der Waals surface area contributed by atoms with Crippen molar-refractivity contribution in [2.75, 3.05) is 13.1 Å². The van der Waals surface area contributed by atoms with Crippen LogP contribution in [0.1, 0.15) is 50.8 Å². The van der Waals surface area contributed by atoms with Crippen molar-refractivity contribution in [2.45, 2.75) is 51.7 Å². The molecule has 2 aromatic rings. The highest BCUT2D eigenvalue weighted by Crippen LogP contribution is 2.23. The van der Waals surface area contributed by atoms with Crippen LogP contribution in [0, 0.1) is 5.92 Å². The van der Waals surface area contributed by atoms with Crippen LogP contribution in [0.3, 0.4) is 0 Å². The number of nitrogens with zero attached hydrogens (tertiary/aromatic N) is 1. The Morgan fingerprint density at radius 3 is 2.13 bits per heavy atom. The molecular weight excluding hydrogens is 376 g/mol. The Morgan fingerprint density at radius 1 is 1.00 bits per heavy atom. The lowest BCUT2D eigenvalue weighted by atomic mass is 9.93. The Morgan fingerprint density at radius 2 is 1.57 bits per heavy atom. The molecule has 0 aromatic heterocycles. The minimum Gasteiger partial charge on any atom is -0.444 e. The lowest BCUT2D eigenvalue weighted by Gasteiger charge is -2.33. The number of benzene rings is 2. The average molecular weight is 409 g/mol. The molecule has 1 saturated heterocycles. The van der Waals surface area contributed by atoms with Gasteiger partial charge in [-0.25, -0.2) is 4.79 Å². The Bertz CT molecular complexity index is 822. The summed E-state index contributed by atoms with van der Waals surface area (Å²) in [6.07, 6.45) is 1.75. The van der Waals surface area contributed by atoms with Gasteiger partial charge in [0.2, 0.25) is 5.91 Å². The van der Waals surface area contributed by atoms with Crippen LogP contribution < -0.4 is 5.32 Å². The molecule has 30 heavy (non-hydrogen) atoms. The van der Waals surface area contributed by atoms with E-state index in [0.29, 0.717) is 25.9 Å². The van der Waals surface area contributed by atoms with Gasteiger partial charge in [0.15, 0.2) is 0 Å². The second kappa shape index (κ2) is 9.79. The zero-order valence-corrected chi connectivity index (χ0v) is 18.1. The van der Waals surface area contributed by atoms with E-state index in [1.807, 2.05) is 57.2 Å². The SMILES string of the molecule is CC(C)(C)OC(=O)N1CCC(C(=O)NC(Cc2ccccc2)c2ccccc2)CC1. The van der Waals surface area contributed by atoms with Gasteiger partial charge in [-0.05, 0) is 51.2 Å². The topological polar surface area (TPSA) is 58.6 Å². The molecule has 1 fully saturated rings. The number of nitrogens with one attached hydrogen (secondary N) is 1. The van der Waals surface area contributed by atoms with Crippen molar-refractivity contribution in [1.29, 1.82) is 0 Å². The summed E-state index contributed by atoms with van der Waals surface area (Å²) in [5.41, 5.74) is 1.78. The number of hydrogen-bond acceptors (Lipinski definition) is 3. The second-order valence-electron chi connectivity index (χ2n) is 8.90. The number of carbonyl (C=O) groups is 2. The molecule has 1 N–H and O–H groups in total. The Labute approximate surface area is 179 Å². The van der Waals surface area contributed by atoms with Crippen LogP contribution in [0.25, 0.3) is 0 Å². The van der Waals surface area contributed by atoms with Gasteiger partial charge in [0.05, 0.1) is 6.04 Å². The minimum absolute atomic E-state index is 0.0589. The largest absolute Gasteiger partial charge is 0.444 e. The van der Waals surface area contributed by atoms with E-state index < -0.39 is 5.60 Å². The number of hydrogen-bond donors (Lipinski definition) is 1. The summed E-state index contributed by atoms with van der Waals surface area (Å²) in [5.74, 6) is -0.0331. The fourth-order valence-corrected chi connectivity index (χ4v) is 3.73. The molecular formula is C25H32N2O3. The molecule has 0 radical (unpaired) electrons. The lowest BCUT2D eigenvalue weighted by Crippen LogP contribution is -2.45. The number of carbonyl (C=O) groups excluding carboxylic acids is 2. The van der Waals surface area contributed by atoms with E-state index in [-0.39, 0.29) is 24.0 Å². The first-order valence-electron chi connectivity index (χ1n) is 10.7. The van der Waals surface area contributed by atoms with Crippen molar-refractivity contribution in [3.63, 3.8) is 0 Å². The molecule has 1 aliphatic rings. The third-order valence-corrected chi connectivity index (χ3v) is 5.32. The molecule has 5 heteroatoms. The van der Waals surface area contributed by atoms with Gasteiger partial charge in [-0.15, -0.1) is 0 Å². The summed E-state index contributed by atoms with van der Waals surface area (Å²) in [6.45, 7) is 6.67. The van der Waals surface area contributed by atoms with Crippen LogP contribution in [0.2, 0.25) is 0 Å². The van der Waals surface area contributed by atoms with Crippen molar-refractivity contribution < 1.29 is 14.3 Å². The highest BCUT2D eigenvalue weighted by molar-refractivity contribution is 5.79. The molecule has 1 heterocycles. The highest BCUT2D eigenvalue weighted by Gasteiger charge is 2.30. The van der Waals surface area contributed by atoms with Gasteiger partial charge in [-0.3, -0.25) is 4.79 Å². The van der Waals surface area contributed by atoms with Crippen molar-refractivity contribution in [3.8, 4) is 0 Å². The summed E-state index contributed by atoms with van der Waals surface area (Å²) < 4.78 is 5.45. The van der Waals surface area contributed by atoms with E-state index in [0.717, 1.165) is 12.0 Å². The van der Waals surface area contributed by atoms with Crippen molar-refractivity contribution >= 4 is 12.0 Å². The maximum atomic E-state index is 13.0. The first-order valence-corrected chi connectivity index (χ1v) is 10.7. The average Bonchev–Trinajstić information content (AvgIpc) is 2.73. The molecule has 0 bridgehead atoms. The number of ether oxygens (including phenoxy) is 1. The first-order chi connectivity index (χ1) is 14.3. The highest BCUT2D eigenvalue weighted by atomic mass is 16.6. The van der Waals surface area contributed by atoms with E-state index in [1.165, 1.54) is 5.56 Å². The zero-order chi connectivity index (χ0) is 21.6. The van der Waals surface area contributed by atoms with Crippen molar-refractivity contribution in [2.24, 2.45) is 5.92 Å². The smallest absolute Gasteiger partial charge is 0.410 e. The van der Waals surface area contributed by atoms with Crippen LogP contribution in [0.15, 0.2) is 60.7 Å². The quantitative estimate of drug-likeness (QED) is 0.778. The minimum atomic E-state index is -0.508. The molecule has 160 valence electrons. The Balaban J connectivity index is 1.60. The molecule has 0 saturated carbocycles. The van der Waals surface area contributed by atoms with E-state index in [2.05, 4.69) is 29.6 Å². The fourth-order valence-electron chi connectivity index (χ4n) is 3.73. The summed E-state index contributed by atoms with van der Waals surface area (Å²) in [6, 6.07) is 20.2. The normalized spacial score (nSPS) is 16.0. The van der Waals surface area contributed by atoms with E-state index in [1.54, 1.807) is 4.90 Å². The van der Waals surface area contributed by atoms with Crippen LogP contribution in [-0.2, 0) is 16.0 Å². The van der Waals surface area contributed by atoms with Crippen molar-refractivity contribution in [1.82, 2.24) is 10.2 Å². The van der Waals surface area contributed by atoms with Crippen LogP contribution in [-0.4, -0.2) is 35.6 Å². The Hall–Kier alpha value is -2.82. The third kappa shape index (κ3) is 6.34. The molecule has 1 unspecified atom stereocenters. The van der Waals surface area contributed by atoms with E-state index in [9.17, 15) is 9.59 Å². The predicted molar refractivity (Wildman–Crippen MR) is 118 cm³/mol. The Kier molecular flexibility index (Phi) is 7.14. The molecule has 3 rings (SSSR count). The first kappa shape index (κ1) is 21.9. The van der Waals surface area contributed by atoms with Gasteiger partial charge in [0.25, 0.3) is 0 Å². The summed E-state index contributed by atoms with van der Waals surface area (Å²) >= 11 is 0. The fraction of sp³-hybridized carbons (Fsp3) is 0.440. The zero-order valence-electron chi connectivity index (χ0n) is 18.1. The third-order valence-electron chi connectivity index (χ3n) is 5.32. The van der Waals surface area contributed by atoms with E-state index >= 15 is 0 Å². The van der Waals surface area contributed by atoms with Crippen molar-refractivity contribution in [3.05, 3.63) is 71.8 Å².